The van der Waals surface area contributed by atoms with Crippen LogP contribution in [0, 0.1) is 18.6 Å². The van der Waals surface area contributed by atoms with Gasteiger partial charge in [0.2, 0.25) is 0 Å². The van der Waals surface area contributed by atoms with Crippen LogP contribution >= 0.6 is 0 Å². The molecule has 0 saturated carbocycles. The average molecular weight is 584 g/mol. The molecule has 0 amide bonds. The highest BCUT2D eigenvalue weighted by molar-refractivity contribution is 5.98. The van der Waals surface area contributed by atoms with E-state index < -0.39 is 22.8 Å². The number of H-pyrrole nitrogens is 1. The summed E-state index contributed by atoms with van der Waals surface area (Å²) in [6.07, 6.45) is 2.99. The molecular weight excluding hydrogens is 556 g/mol. The third-order valence-corrected chi connectivity index (χ3v) is 6.99. The molecule has 0 fully saturated rings. The number of ether oxygens (including phenoxy) is 2. The number of nitrogens with zero attached hydrogens (tertiary/aromatic N) is 2. The number of ketones is 2. The first-order chi connectivity index (χ1) is 20.7. The predicted molar refractivity (Wildman–Crippen MR) is 157 cm³/mol. The van der Waals surface area contributed by atoms with E-state index in [1.807, 2.05) is 0 Å². The summed E-state index contributed by atoms with van der Waals surface area (Å²) in [5.74, 6) is -1.18. The molecule has 0 aliphatic rings. The second-order valence-corrected chi connectivity index (χ2v) is 9.89. The number of aromatic amines is 1. The fraction of sp³-hybridized carbons (Fsp3) is 0.182. The Bertz CT molecular complexity index is 1920. The van der Waals surface area contributed by atoms with Crippen LogP contribution in [-0.4, -0.2) is 33.6 Å². The van der Waals surface area contributed by atoms with E-state index >= 15 is 4.39 Å². The van der Waals surface area contributed by atoms with Gasteiger partial charge in [-0.05, 0) is 42.3 Å². The zero-order chi connectivity index (χ0) is 30.7. The Hall–Kier alpha value is -5.25. The van der Waals surface area contributed by atoms with Crippen LogP contribution in [0.25, 0.3) is 22.2 Å². The maximum atomic E-state index is 15.2. The van der Waals surface area contributed by atoms with E-state index in [9.17, 15) is 18.8 Å². The largest absolute Gasteiger partial charge is 0.495 e. The Kier molecular flexibility index (Phi) is 8.38. The number of pyridine rings is 3. The molecule has 5 aromatic rings. The first-order valence-electron chi connectivity index (χ1n) is 13.5. The number of aryl methyl sites for hydroxylation is 1. The van der Waals surface area contributed by atoms with Crippen LogP contribution in [-0.2, 0) is 17.6 Å². The Morgan fingerprint density at radius 3 is 2.42 bits per heavy atom. The lowest BCUT2D eigenvalue weighted by atomic mass is 9.98. The third-order valence-electron chi connectivity index (χ3n) is 6.99. The fourth-order valence-electron chi connectivity index (χ4n) is 4.70. The van der Waals surface area contributed by atoms with Gasteiger partial charge in [-0.15, -0.1) is 0 Å². The van der Waals surface area contributed by atoms with Gasteiger partial charge >= 0.3 is 0 Å². The van der Waals surface area contributed by atoms with Gasteiger partial charge < -0.3 is 14.5 Å². The molecule has 0 aliphatic carbocycles. The maximum absolute atomic E-state index is 15.2. The molecule has 0 saturated heterocycles. The summed E-state index contributed by atoms with van der Waals surface area (Å²) in [7, 11) is 1.48. The molecule has 8 nitrogen and oxygen atoms in total. The zero-order valence-electron chi connectivity index (χ0n) is 23.7. The summed E-state index contributed by atoms with van der Waals surface area (Å²) in [5, 5.41) is 0. The van der Waals surface area contributed by atoms with Gasteiger partial charge in [0.25, 0.3) is 0 Å². The smallest absolute Gasteiger partial charge is 0.200 e. The quantitative estimate of drug-likeness (QED) is 0.192. The summed E-state index contributed by atoms with van der Waals surface area (Å²) >= 11 is 0. The molecule has 0 atom stereocenters. The first kappa shape index (κ1) is 29.2. The molecule has 0 spiro atoms. The number of hydrogen-bond donors (Lipinski definition) is 1. The lowest BCUT2D eigenvalue weighted by Gasteiger charge is -2.13. The molecule has 5 rings (SSSR count). The zero-order valence-corrected chi connectivity index (χ0v) is 23.7. The van der Waals surface area contributed by atoms with Crippen molar-refractivity contribution in [1.82, 2.24) is 15.0 Å². The number of rotatable bonds is 10. The van der Waals surface area contributed by atoms with Crippen LogP contribution in [0.4, 0.5) is 8.78 Å². The minimum absolute atomic E-state index is 0.0213. The van der Waals surface area contributed by atoms with Crippen molar-refractivity contribution >= 4 is 22.6 Å². The molecule has 0 radical (unpaired) electrons. The summed E-state index contributed by atoms with van der Waals surface area (Å²) in [4.78, 5) is 50.2. The number of fused-ring (bicyclic) bond motifs is 1. The van der Waals surface area contributed by atoms with Gasteiger partial charge in [0, 0.05) is 48.6 Å². The van der Waals surface area contributed by atoms with Crippen molar-refractivity contribution in [3.63, 3.8) is 0 Å². The summed E-state index contributed by atoms with van der Waals surface area (Å²) < 4.78 is 39.9. The van der Waals surface area contributed by atoms with Crippen LogP contribution in [0.1, 0.15) is 40.7 Å². The summed E-state index contributed by atoms with van der Waals surface area (Å²) in [6.45, 7) is 3.45. The SMILES string of the molecule is CCC(=O)Cc1nc2c(Oc3ccc(CC(=O)c4c[nH]c(C)c(-c5ccc(F)cc5)c4=O)cc3F)ccnc2cc1OC. The fourth-order valence-corrected chi connectivity index (χ4v) is 4.70. The van der Waals surface area contributed by atoms with Gasteiger partial charge in [-0.2, -0.15) is 0 Å². The number of hydrogen-bond acceptors (Lipinski definition) is 7. The number of methoxy groups -OCH3 is 1. The predicted octanol–water partition coefficient (Wildman–Crippen LogP) is 6.32. The summed E-state index contributed by atoms with van der Waals surface area (Å²) in [5.41, 5.74) is 2.20. The van der Waals surface area contributed by atoms with E-state index in [0.717, 1.165) is 0 Å². The molecular formula is C33H27F2N3O5. The van der Waals surface area contributed by atoms with Gasteiger partial charge in [0.05, 0.1) is 30.3 Å². The molecule has 218 valence electrons. The first-order valence-corrected chi connectivity index (χ1v) is 13.5. The topological polar surface area (TPSA) is 111 Å². The standard InChI is InChI=1S/C33H27F2N3O5/c1-4-22(39)15-25-30(42-3)16-26-32(38-25)29(11-12-36-26)43-28-10-5-19(13-24(28)35)14-27(40)23-17-37-18(2)31(33(23)41)20-6-8-21(34)9-7-20/h5-13,16-17H,4,14-15H2,1-3H3,(H,37,41). The van der Waals surface area contributed by atoms with E-state index in [2.05, 4.69) is 15.0 Å². The van der Waals surface area contributed by atoms with Crippen molar-refractivity contribution in [2.75, 3.05) is 7.11 Å². The summed E-state index contributed by atoms with van der Waals surface area (Å²) in [6, 6.07) is 12.7. The normalized spacial score (nSPS) is 11.0. The van der Waals surface area contributed by atoms with Gasteiger partial charge in [0.1, 0.15) is 22.9 Å². The monoisotopic (exact) mass is 583 g/mol. The number of Topliss-reactive ketones (excluding diaryl/α,β-unsaturated/α-hetero) is 2. The van der Waals surface area contributed by atoms with E-state index in [1.54, 1.807) is 19.9 Å². The highest BCUT2D eigenvalue weighted by atomic mass is 19.1. The third kappa shape index (κ3) is 6.18. The van der Waals surface area contributed by atoms with Crippen LogP contribution in [0.15, 0.2) is 71.8 Å². The van der Waals surface area contributed by atoms with E-state index in [-0.39, 0.29) is 41.3 Å². The van der Waals surface area contributed by atoms with E-state index in [1.165, 1.54) is 68.0 Å². The van der Waals surface area contributed by atoms with Crippen LogP contribution in [0.3, 0.4) is 0 Å². The van der Waals surface area contributed by atoms with Crippen molar-refractivity contribution in [2.24, 2.45) is 0 Å². The molecule has 3 aromatic heterocycles. The molecule has 0 bridgehead atoms. The Balaban J connectivity index is 1.40. The van der Waals surface area contributed by atoms with Crippen LogP contribution in [0.2, 0.25) is 0 Å². The average Bonchev–Trinajstić information content (AvgIpc) is 2.99. The van der Waals surface area contributed by atoms with Gasteiger partial charge in [-0.3, -0.25) is 19.4 Å². The molecule has 10 heteroatoms. The van der Waals surface area contributed by atoms with Crippen molar-refractivity contribution in [3.8, 4) is 28.4 Å². The highest BCUT2D eigenvalue weighted by Gasteiger charge is 2.19. The van der Waals surface area contributed by atoms with Crippen molar-refractivity contribution in [3.05, 3.63) is 111 Å². The van der Waals surface area contributed by atoms with Gasteiger partial charge in [-0.25, -0.2) is 13.8 Å². The molecule has 3 heterocycles. The number of aromatic nitrogens is 3. The molecule has 0 aliphatic heterocycles. The minimum Gasteiger partial charge on any atom is -0.495 e. The van der Waals surface area contributed by atoms with Crippen molar-refractivity contribution < 1.29 is 27.8 Å². The number of carbonyl (C=O) groups is 2. The lowest BCUT2D eigenvalue weighted by Crippen LogP contribution is -2.20. The molecule has 2 aromatic carbocycles. The van der Waals surface area contributed by atoms with Gasteiger partial charge in [0.15, 0.2) is 28.5 Å². The number of benzene rings is 2. The maximum Gasteiger partial charge on any atom is 0.200 e. The van der Waals surface area contributed by atoms with Crippen molar-refractivity contribution in [2.45, 2.75) is 33.1 Å². The molecule has 43 heavy (non-hydrogen) atoms. The van der Waals surface area contributed by atoms with Crippen LogP contribution in [0.5, 0.6) is 17.2 Å². The Labute approximate surface area is 245 Å². The number of carbonyl (C=O) groups excluding carboxylic acids is 2. The van der Waals surface area contributed by atoms with Gasteiger partial charge in [-0.1, -0.05) is 25.1 Å². The second kappa shape index (κ2) is 12.3. The van der Waals surface area contributed by atoms with Crippen LogP contribution < -0.4 is 14.9 Å². The molecule has 1 N–H and O–H groups in total. The molecule has 0 unspecified atom stereocenters. The Morgan fingerprint density at radius 1 is 0.953 bits per heavy atom. The van der Waals surface area contributed by atoms with E-state index in [4.69, 9.17) is 9.47 Å². The van der Waals surface area contributed by atoms with Crippen molar-refractivity contribution in [1.29, 1.82) is 0 Å². The minimum atomic E-state index is -0.727. The second-order valence-electron chi connectivity index (χ2n) is 9.89. The number of halogens is 2. The number of nitrogens with one attached hydrogen (secondary N) is 1. The van der Waals surface area contributed by atoms with E-state index in [0.29, 0.717) is 45.7 Å². The highest BCUT2D eigenvalue weighted by Crippen LogP contribution is 2.32. The lowest BCUT2D eigenvalue weighted by molar-refractivity contribution is -0.118. The Morgan fingerprint density at radius 2 is 1.72 bits per heavy atom.